The van der Waals surface area contributed by atoms with Crippen LogP contribution in [0.25, 0.3) is 0 Å². The van der Waals surface area contributed by atoms with Crippen LogP contribution in [-0.2, 0) is 0 Å². The first-order valence-corrected chi connectivity index (χ1v) is 5.93. The van der Waals surface area contributed by atoms with Crippen molar-refractivity contribution in [1.29, 1.82) is 5.41 Å². The SMILES string of the molecule is CC(C)N1CC2(CCCC2)CC1C=N. The predicted octanol–water partition coefficient (Wildman–Crippen LogP) is 2.68. The van der Waals surface area contributed by atoms with Gasteiger partial charge in [0.2, 0.25) is 0 Å². The van der Waals surface area contributed by atoms with Crippen molar-refractivity contribution in [3.8, 4) is 0 Å². The van der Waals surface area contributed by atoms with E-state index in [1.807, 2.05) is 0 Å². The van der Waals surface area contributed by atoms with Crippen LogP contribution < -0.4 is 0 Å². The highest BCUT2D eigenvalue weighted by Gasteiger charge is 2.45. The Morgan fingerprint density at radius 2 is 2.00 bits per heavy atom. The van der Waals surface area contributed by atoms with E-state index in [0.717, 1.165) is 0 Å². The van der Waals surface area contributed by atoms with Crippen LogP contribution in [0.2, 0.25) is 0 Å². The molecule has 14 heavy (non-hydrogen) atoms. The highest BCUT2D eigenvalue weighted by Crippen LogP contribution is 2.47. The summed E-state index contributed by atoms with van der Waals surface area (Å²) < 4.78 is 0. The van der Waals surface area contributed by atoms with Gasteiger partial charge in [-0.25, -0.2) is 0 Å². The van der Waals surface area contributed by atoms with Crippen molar-refractivity contribution in [1.82, 2.24) is 4.90 Å². The number of rotatable bonds is 2. The topological polar surface area (TPSA) is 27.1 Å². The Labute approximate surface area is 87.2 Å². The van der Waals surface area contributed by atoms with Gasteiger partial charge >= 0.3 is 0 Å². The second-order valence-electron chi connectivity index (χ2n) is 5.41. The molecule has 0 aromatic carbocycles. The largest absolute Gasteiger partial charge is 0.311 e. The van der Waals surface area contributed by atoms with Crippen LogP contribution in [0.3, 0.4) is 0 Å². The summed E-state index contributed by atoms with van der Waals surface area (Å²) in [6.45, 7) is 5.75. The monoisotopic (exact) mass is 194 g/mol. The van der Waals surface area contributed by atoms with Gasteiger partial charge in [-0.15, -0.1) is 0 Å². The van der Waals surface area contributed by atoms with Crippen LogP contribution in [0, 0.1) is 10.8 Å². The molecular formula is C12H22N2. The minimum Gasteiger partial charge on any atom is -0.311 e. The van der Waals surface area contributed by atoms with E-state index in [9.17, 15) is 0 Å². The average molecular weight is 194 g/mol. The Morgan fingerprint density at radius 1 is 1.36 bits per heavy atom. The van der Waals surface area contributed by atoms with Crippen molar-refractivity contribution in [2.45, 2.75) is 58.0 Å². The molecule has 1 saturated heterocycles. The predicted molar refractivity (Wildman–Crippen MR) is 59.9 cm³/mol. The lowest BCUT2D eigenvalue weighted by molar-refractivity contribution is 0.213. The highest BCUT2D eigenvalue weighted by atomic mass is 15.2. The lowest BCUT2D eigenvalue weighted by atomic mass is 9.84. The van der Waals surface area contributed by atoms with Gasteiger partial charge in [-0.1, -0.05) is 12.8 Å². The lowest BCUT2D eigenvalue weighted by Crippen LogP contribution is -2.37. The van der Waals surface area contributed by atoms with Crippen molar-refractivity contribution in [2.24, 2.45) is 5.41 Å². The van der Waals surface area contributed by atoms with Gasteiger partial charge in [-0.2, -0.15) is 0 Å². The zero-order chi connectivity index (χ0) is 10.2. The normalized spacial score (nSPS) is 31.8. The van der Waals surface area contributed by atoms with Crippen molar-refractivity contribution in [3.05, 3.63) is 0 Å². The third kappa shape index (κ3) is 1.60. The van der Waals surface area contributed by atoms with E-state index >= 15 is 0 Å². The summed E-state index contributed by atoms with van der Waals surface area (Å²) in [5.74, 6) is 0. The quantitative estimate of drug-likeness (QED) is 0.672. The Morgan fingerprint density at radius 3 is 2.43 bits per heavy atom. The first-order chi connectivity index (χ1) is 6.67. The molecule has 1 unspecified atom stereocenters. The lowest BCUT2D eigenvalue weighted by Gasteiger charge is -2.27. The van der Waals surface area contributed by atoms with Crippen LogP contribution in [0.5, 0.6) is 0 Å². The summed E-state index contributed by atoms with van der Waals surface area (Å²) >= 11 is 0. The van der Waals surface area contributed by atoms with Crippen LogP contribution >= 0.6 is 0 Å². The summed E-state index contributed by atoms with van der Waals surface area (Å²) in [4.78, 5) is 2.51. The summed E-state index contributed by atoms with van der Waals surface area (Å²) in [5, 5.41) is 7.50. The third-order valence-electron chi connectivity index (χ3n) is 4.11. The number of hydrogen-bond acceptors (Lipinski definition) is 2. The molecule has 1 saturated carbocycles. The van der Waals surface area contributed by atoms with Crippen molar-refractivity contribution < 1.29 is 0 Å². The minimum atomic E-state index is 0.424. The molecule has 80 valence electrons. The van der Waals surface area contributed by atoms with Gasteiger partial charge in [0.25, 0.3) is 0 Å². The van der Waals surface area contributed by atoms with Crippen LogP contribution in [0.15, 0.2) is 0 Å². The van der Waals surface area contributed by atoms with E-state index in [-0.39, 0.29) is 0 Å². The molecule has 1 aliphatic heterocycles. The van der Waals surface area contributed by atoms with Crippen LogP contribution in [0.1, 0.15) is 46.0 Å². The molecule has 0 amide bonds. The standard InChI is InChI=1S/C12H22N2/c1-10(2)14-9-12(5-3-4-6-12)7-11(14)8-13/h8,10-11,13H,3-7,9H2,1-2H3. The van der Waals surface area contributed by atoms with Crippen molar-refractivity contribution in [3.63, 3.8) is 0 Å². The van der Waals surface area contributed by atoms with Gasteiger partial charge in [-0.3, -0.25) is 4.90 Å². The number of likely N-dealkylation sites (tertiary alicyclic amines) is 1. The zero-order valence-corrected chi connectivity index (χ0v) is 9.42. The first-order valence-electron chi connectivity index (χ1n) is 5.93. The van der Waals surface area contributed by atoms with Gasteiger partial charge < -0.3 is 5.41 Å². The molecule has 0 bridgehead atoms. The molecule has 1 N–H and O–H groups in total. The maximum absolute atomic E-state index is 7.50. The average Bonchev–Trinajstić information content (AvgIpc) is 2.74. The van der Waals surface area contributed by atoms with Crippen molar-refractivity contribution in [2.75, 3.05) is 6.54 Å². The maximum atomic E-state index is 7.50. The minimum absolute atomic E-state index is 0.424. The molecule has 2 nitrogen and oxygen atoms in total. The second kappa shape index (κ2) is 3.65. The second-order valence-corrected chi connectivity index (χ2v) is 5.41. The summed E-state index contributed by atoms with van der Waals surface area (Å²) in [6, 6.07) is 1.02. The van der Waals surface area contributed by atoms with E-state index in [1.54, 1.807) is 6.21 Å². The van der Waals surface area contributed by atoms with E-state index in [2.05, 4.69) is 18.7 Å². The van der Waals surface area contributed by atoms with Crippen molar-refractivity contribution >= 4 is 6.21 Å². The van der Waals surface area contributed by atoms with Crippen LogP contribution in [-0.4, -0.2) is 29.7 Å². The molecule has 2 heteroatoms. The summed E-state index contributed by atoms with van der Waals surface area (Å²) in [6.07, 6.45) is 8.54. The van der Waals surface area contributed by atoms with E-state index in [1.165, 1.54) is 38.6 Å². The number of hydrogen-bond donors (Lipinski definition) is 1. The Balaban J connectivity index is 2.10. The van der Waals surface area contributed by atoms with E-state index in [0.29, 0.717) is 17.5 Å². The fourth-order valence-corrected chi connectivity index (χ4v) is 3.34. The Bertz CT molecular complexity index is 216. The molecule has 0 aromatic rings. The number of nitrogens with zero attached hydrogens (tertiary/aromatic N) is 1. The maximum Gasteiger partial charge on any atom is 0.0452 e. The van der Waals surface area contributed by atoms with E-state index < -0.39 is 0 Å². The molecule has 2 fully saturated rings. The van der Waals surface area contributed by atoms with E-state index in [4.69, 9.17) is 5.41 Å². The number of nitrogens with one attached hydrogen (secondary N) is 1. The summed E-state index contributed by atoms with van der Waals surface area (Å²) in [5.41, 5.74) is 0.590. The third-order valence-corrected chi connectivity index (χ3v) is 4.11. The fourth-order valence-electron chi connectivity index (χ4n) is 3.34. The molecule has 1 atom stereocenters. The van der Waals surface area contributed by atoms with Gasteiger partial charge in [-0.05, 0) is 38.5 Å². The molecule has 0 aromatic heterocycles. The van der Waals surface area contributed by atoms with Crippen LogP contribution in [0.4, 0.5) is 0 Å². The first kappa shape index (κ1) is 10.2. The van der Waals surface area contributed by atoms with Gasteiger partial charge in [0, 0.05) is 24.8 Å². The zero-order valence-electron chi connectivity index (χ0n) is 9.42. The molecule has 1 spiro atoms. The molecule has 0 radical (unpaired) electrons. The highest BCUT2D eigenvalue weighted by molar-refractivity contribution is 5.61. The van der Waals surface area contributed by atoms with Gasteiger partial charge in [0.15, 0.2) is 0 Å². The molecule has 2 aliphatic rings. The fraction of sp³-hybridized carbons (Fsp3) is 0.917. The van der Waals surface area contributed by atoms with Gasteiger partial charge in [0.05, 0.1) is 0 Å². The Kier molecular flexibility index (Phi) is 2.65. The van der Waals surface area contributed by atoms with Gasteiger partial charge in [0.1, 0.15) is 0 Å². The molecule has 1 aliphatic carbocycles. The molecular weight excluding hydrogens is 172 g/mol. The molecule has 1 heterocycles. The Hall–Kier alpha value is -0.370. The molecule has 2 rings (SSSR count). The summed E-state index contributed by atoms with van der Waals surface area (Å²) in [7, 11) is 0. The smallest absolute Gasteiger partial charge is 0.0452 e.